The molecule has 1 aliphatic heterocycles. The minimum atomic E-state index is -0.956. The van der Waals surface area contributed by atoms with Crippen LogP contribution < -0.4 is 16.0 Å². The van der Waals surface area contributed by atoms with Crippen molar-refractivity contribution in [1.82, 2.24) is 16.0 Å². The van der Waals surface area contributed by atoms with Gasteiger partial charge in [-0.15, -0.1) is 0 Å². The molecule has 2 saturated carbocycles. The fourth-order valence-corrected chi connectivity index (χ4v) is 4.69. The maximum absolute atomic E-state index is 13.8. The van der Waals surface area contributed by atoms with Gasteiger partial charge in [0.05, 0.1) is 6.04 Å². The number of halogens is 2. The monoisotopic (exact) mass is 393 g/mol. The number of hydrogen-bond donors (Lipinski definition) is 3. The van der Waals surface area contributed by atoms with Crippen molar-refractivity contribution >= 4 is 29.4 Å². The quantitative estimate of drug-likeness (QED) is 0.687. The Morgan fingerprint density at radius 2 is 2.07 bits per heavy atom. The molecule has 144 valence electrons. The van der Waals surface area contributed by atoms with Gasteiger partial charge in [0.25, 0.3) is 5.91 Å². The van der Waals surface area contributed by atoms with Crippen LogP contribution in [0, 0.1) is 11.8 Å². The highest BCUT2D eigenvalue weighted by atomic mass is 35.5. The van der Waals surface area contributed by atoms with Crippen molar-refractivity contribution in [2.45, 2.75) is 49.9 Å². The molecule has 2 aliphatic carbocycles. The van der Waals surface area contributed by atoms with Crippen LogP contribution in [0.1, 0.15) is 43.7 Å². The van der Waals surface area contributed by atoms with Crippen LogP contribution in [0.4, 0.5) is 9.18 Å². The lowest BCUT2D eigenvalue weighted by molar-refractivity contribution is -0.137. The third kappa shape index (κ3) is 3.40. The largest absolute Gasteiger partial charge is 0.349 e. The van der Waals surface area contributed by atoms with Crippen molar-refractivity contribution in [3.8, 4) is 0 Å². The Morgan fingerprint density at radius 1 is 1.30 bits per heavy atom. The van der Waals surface area contributed by atoms with Gasteiger partial charge in [0.1, 0.15) is 11.7 Å². The van der Waals surface area contributed by atoms with Crippen molar-refractivity contribution in [2.24, 2.45) is 11.8 Å². The number of nitrogens with one attached hydrogen (secondary N) is 3. The Hall–Kier alpha value is -2.15. The normalized spacial score (nSPS) is 33.3. The van der Waals surface area contributed by atoms with E-state index in [9.17, 15) is 18.8 Å². The summed E-state index contributed by atoms with van der Waals surface area (Å²) in [5.41, 5.74) is -0.0990. The molecule has 4 rings (SSSR count). The molecule has 3 atom stereocenters. The second kappa shape index (κ2) is 6.78. The van der Waals surface area contributed by atoms with Crippen LogP contribution in [0.15, 0.2) is 24.3 Å². The fraction of sp³-hybridized carbons (Fsp3) is 0.526. The second-order valence-electron chi connectivity index (χ2n) is 7.81. The van der Waals surface area contributed by atoms with Crippen molar-refractivity contribution in [3.63, 3.8) is 0 Å². The fourth-order valence-electron chi connectivity index (χ4n) is 4.49. The maximum atomic E-state index is 13.8. The first-order valence-corrected chi connectivity index (χ1v) is 9.57. The van der Waals surface area contributed by atoms with Gasteiger partial charge in [-0.3, -0.25) is 14.9 Å². The van der Waals surface area contributed by atoms with Gasteiger partial charge in [0, 0.05) is 10.9 Å². The van der Waals surface area contributed by atoms with Crippen LogP contribution in [0.3, 0.4) is 0 Å². The predicted octanol–water partition coefficient (Wildman–Crippen LogP) is 2.62. The van der Waals surface area contributed by atoms with E-state index in [1.807, 2.05) is 12.1 Å². The summed E-state index contributed by atoms with van der Waals surface area (Å²) in [6, 6.07) is 6.42. The Kier molecular flexibility index (Phi) is 4.58. The Bertz CT molecular complexity index is 796. The van der Waals surface area contributed by atoms with Crippen LogP contribution in [-0.2, 0) is 9.59 Å². The summed E-state index contributed by atoms with van der Waals surface area (Å²) in [5, 5.41) is 8.44. The number of carbonyl (C=O) groups is 3. The molecule has 4 amide bonds. The molecule has 0 unspecified atom stereocenters. The SMILES string of the molecule is O=C1NC(=O)C2(CC(C(=O)N[C@H](c3cccc(Cl)c3)[C@@H]3CC[C@@H](F)C3)C2)N1. The molecule has 1 spiro atoms. The Labute approximate surface area is 161 Å². The number of imide groups is 1. The molecule has 3 aliphatic rings. The highest BCUT2D eigenvalue weighted by Crippen LogP contribution is 2.42. The number of urea groups is 1. The maximum Gasteiger partial charge on any atom is 0.322 e. The second-order valence-corrected chi connectivity index (χ2v) is 8.24. The third-order valence-corrected chi connectivity index (χ3v) is 6.20. The Balaban J connectivity index is 1.46. The molecule has 0 bridgehead atoms. The van der Waals surface area contributed by atoms with E-state index in [0.29, 0.717) is 24.3 Å². The molecular weight excluding hydrogens is 373 g/mol. The van der Waals surface area contributed by atoms with E-state index in [-0.39, 0.29) is 42.5 Å². The van der Waals surface area contributed by atoms with Crippen LogP contribution in [0.25, 0.3) is 0 Å². The van der Waals surface area contributed by atoms with Gasteiger partial charge in [-0.1, -0.05) is 23.7 Å². The van der Waals surface area contributed by atoms with E-state index in [1.165, 1.54) is 0 Å². The topological polar surface area (TPSA) is 87.3 Å². The molecule has 0 radical (unpaired) electrons. The highest BCUT2D eigenvalue weighted by Gasteiger charge is 2.57. The standard InChI is InChI=1S/C19H21ClFN3O3/c20-13-3-1-2-10(6-13)15(11-4-5-14(21)7-11)22-16(25)12-8-19(9-12)17(26)23-18(27)24-19/h1-3,6,11-12,14-15H,4-5,7-9H2,(H,22,25)(H2,23,24,26,27)/t11-,12?,14-,15-,19?/m1/s1. The Morgan fingerprint density at radius 3 is 2.67 bits per heavy atom. The highest BCUT2D eigenvalue weighted by molar-refractivity contribution is 6.30. The lowest BCUT2D eigenvalue weighted by Crippen LogP contribution is -2.60. The van der Waals surface area contributed by atoms with E-state index < -0.39 is 17.7 Å². The van der Waals surface area contributed by atoms with Gasteiger partial charge in [-0.25, -0.2) is 9.18 Å². The zero-order chi connectivity index (χ0) is 19.2. The van der Waals surface area contributed by atoms with Crippen LogP contribution in [0.2, 0.25) is 5.02 Å². The number of carbonyl (C=O) groups excluding carboxylic acids is 3. The molecule has 1 aromatic rings. The van der Waals surface area contributed by atoms with Gasteiger partial charge < -0.3 is 10.6 Å². The lowest BCUT2D eigenvalue weighted by Gasteiger charge is -2.42. The number of amides is 4. The lowest BCUT2D eigenvalue weighted by atomic mass is 9.67. The van der Waals surface area contributed by atoms with Crippen LogP contribution in [0.5, 0.6) is 0 Å². The first-order chi connectivity index (χ1) is 12.9. The minimum absolute atomic E-state index is 0.00550. The molecular formula is C19H21ClFN3O3. The van der Waals surface area contributed by atoms with Crippen LogP contribution >= 0.6 is 11.6 Å². The van der Waals surface area contributed by atoms with Crippen molar-refractivity contribution in [1.29, 1.82) is 0 Å². The average Bonchev–Trinajstić information content (AvgIpc) is 3.13. The molecule has 1 aromatic carbocycles. The molecule has 1 heterocycles. The number of rotatable bonds is 4. The summed E-state index contributed by atoms with van der Waals surface area (Å²) in [5.74, 6) is -0.912. The van der Waals surface area contributed by atoms with E-state index in [2.05, 4.69) is 16.0 Å². The molecule has 6 nitrogen and oxygen atoms in total. The first kappa shape index (κ1) is 18.2. The zero-order valence-corrected chi connectivity index (χ0v) is 15.4. The number of hydrogen-bond acceptors (Lipinski definition) is 3. The van der Waals surface area contributed by atoms with Crippen LogP contribution in [-0.4, -0.2) is 29.6 Å². The smallest absolute Gasteiger partial charge is 0.322 e. The van der Waals surface area contributed by atoms with Gasteiger partial charge in [-0.05, 0) is 55.7 Å². The van der Waals surface area contributed by atoms with Gasteiger partial charge in [0.15, 0.2) is 0 Å². The molecule has 27 heavy (non-hydrogen) atoms. The average molecular weight is 394 g/mol. The summed E-state index contributed by atoms with van der Waals surface area (Å²) < 4.78 is 13.8. The molecule has 3 N–H and O–H groups in total. The molecule has 0 aromatic heterocycles. The number of alkyl halides is 1. The summed E-state index contributed by atoms with van der Waals surface area (Å²) in [4.78, 5) is 36.0. The number of benzene rings is 1. The predicted molar refractivity (Wildman–Crippen MR) is 96.7 cm³/mol. The van der Waals surface area contributed by atoms with Gasteiger partial charge in [0.2, 0.25) is 5.91 Å². The van der Waals surface area contributed by atoms with E-state index in [4.69, 9.17) is 11.6 Å². The van der Waals surface area contributed by atoms with Crippen molar-refractivity contribution < 1.29 is 18.8 Å². The van der Waals surface area contributed by atoms with Crippen molar-refractivity contribution in [2.75, 3.05) is 0 Å². The summed E-state index contributed by atoms with van der Waals surface area (Å²) in [6.07, 6.45) is 1.30. The zero-order valence-electron chi connectivity index (χ0n) is 14.6. The van der Waals surface area contributed by atoms with Gasteiger partial charge in [-0.2, -0.15) is 0 Å². The van der Waals surface area contributed by atoms with E-state index in [1.54, 1.807) is 12.1 Å². The summed E-state index contributed by atoms with van der Waals surface area (Å²) >= 11 is 6.10. The summed E-state index contributed by atoms with van der Waals surface area (Å²) in [7, 11) is 0. The third-order valence-electron chi connectivity index (χ3n) is 5.96. The van der Waals surface area contributed by atoms with E-state index in [0.717, 1.165) is 5.56 Å². The van der Waals surface area contributed by atoms with Crippen molar-refractivity contribution in [3.05, 3.63) is 34.9 Å². The van der Waals surface area contributed by atoms with Gasteiger partial charge >= 0.3 is 6.03 Å². The first-order valence-electron chi connectivity index (χ1n) is 9.20. The molecule has 3 fully saturated rings. The molecule has 8 heteroatoms. The minimum Gasteiger partial charge on any atom is -0.349 e. The van der Waals surface area contributed by atoms with E-state index >= 15 is 0 Å². The summed E-state index contributed by atoms with van der Waals surface area (Å²) in [6.45, 7) is 0. The molecule has 1 saturated heterocycles.